The third-order valence-electron chi connectivity index (χ3n) is 2.73. The number of hydrogen-bond donors (Lipinski definition) is 1. The molecule has 0 spiro atoms. The number of unbranched alkanes of at least 4 members (excludes halogenated alkanes) is 1. The molecular weight excluding hydrogens is 216 g/mol. The fourth-order valence-electron chi connectivity index (χ4n) is 1.52. The highest BCUT2D eigenvalue weighted by Crippen LogP contribution is 2.20. The van der Waals surface area contributed by atoms with E-state index in [1.807, 2.05) is 6.92 Å². The van der Waals surface area contributed by atoms with E-state index in [0.29, 0.717) is 19.6 Å². The van der Waals surface area contributed by atoms with Crippen LogP contribution in [0.15, 0.2) is 0 Å². The summed E-state index contributed by atoms with van der Waals surface area (Å²) >= 11 is 0. The van der Waals surface area contributed by atoms with Crippen LogP contribution in [0.3, 0.4) is 0 Å². The maximum atomic E-state index is 11.9. The summed E-state index contributed by atoms with van der Waals surface area (Å²) < 4.78 is 26.5. The molecule has 0 aromatic heterocycles. The minimum atomic E-state index is -3.26. The Morgan fingerprint density at radius 1 is 1.47 bits per heavy atom. The summed E-state index contributed by atoms with van der Waals surface area (Å²) in [7, 11) is -1.65. The van der Waals surface area contributed by atoms with Crippen LogP contribution in [0.2, 0.25) is 0 Å². The molecule has 0 aromatic carbocycles. The smallest absolute Gasteiger partial charge is 0.281 e. The van der Waals surface area contributed by atoms with Crippen LogP contribution in [0.5, 0.6) is 0 Å². The first-order chi connectivity index (χ1) is 7.02. The van der Waals surface area contributed by atoms with Crippen molar-refractivity contribution in [3.05, 3.63) is 0 Å². The molecule has 0 amide bonds. The van der Waals surface area contributed by atoms with Gasteiger partial charge in [-0.2, -0.15) is 17.0 Å². The summed E-state index contributed by atoms with van der Waals surface area (Å²) in [4.78, 5) is 0. The van der Waals surface area contributed by atoms with Gasteiger partial charge in [-0.15, -0.1) is 0 Å². The Bertz CT molecular complexity index is 275. The molecule has 1 saturated heterocycles. The zero-order chi connectivity index (χ0) is 11.5. The fraction of sp³-hybridized carbons (Fsp3) is 1.00. The molecule has 6 heteroatoms. The lowest BCUT2D eigenvalue weighted by molar-refractivity contribution is 0.112. The van der Waals surface area contributed by atoms with Crippen molar-refractivity contribution in [2.24, 2.45) is 5.92 Å². The van der Waals surface area contributed by atoms with Crippen molar-refractivity contribution >= 4 is 10.2 Å². The highest BCUT2D eigenvalue weighted by Gasteiger charge is 2.37. The Labute approximate surface area is 91.9 Å². The van der Waals surface area contributed by atoms with Crippen LogP contribution < -0.4 is 0 Å². The van der Waals surface area contributed by atoms with E-state index in [1.165, 1.54) is 8.61 Å². The van der Waals surface area contributed by atoms with Crippen molar-refractivity contribution in [2.45, 2.75) is 19.8 Å². The van der Waals surface area contributed by atoms with Crippen LogP contribution in [-0.4, -0.2) is 55.4 Å². The van der Waals surface area contributed by atoms with Crippen LogP contribution in [-0.2, 0) is 10.2 Å². The van der Waals surface area contributed by atoms with Crippen LogP contribution >= 0.6 is 0 Å². The molecule has 0 radical (unpaired) electrons. The lowest BCUT2D eigenvalue weighted by atomic mass is 10.1. The van der Waals surface area contributed by atoms with Gasteiger partial charge in [0, 0.05) is 39.2 Å². The van der Waals surface area contributed by atoms with E-state index in [9.17, 15) is 8.42 Å². The summed E-state index contributed by atoms with van der Waals surface area (Å²) in [6.07, 6.45) is 1.87. The maximum Gasteiger partial charge on any atom is 0.281 e. The minimum absolute atomic E-state index is 0.0741. The summed E-state index contributed by atoms with van der Waals surface area (Å²) in [5.74, 6) is 0.124. The Kier molecular flexibility index (Phi) is 4.51. The van der Waals surface area contributed by atoms with E-state index in [2.05, 4.69) is 0 Å². The second kappa shape index (κ2) is 5.25. The minimum Gasteiger partial charge on any atom is -0.396 e. The van der Waals surface area contributed by atoms with Crippen molar-refractivity contribution in [2.75, 3.05) is 33.3 Å². The number of rotatable bonds is 6. The van der Waals surface area contributed by atoms with Gasteiger partial charge in [0.1, 0.15) is 0 Å². The summed E-state index contributed by atoms with van der Waals surface area (Å²) in [6.45, 7) is 3.58. The topological polar surface area (TPSA) is 60.9 Å². The molecule has 0 aliphatic carbocycles. The van der Waals surface area contributed by atoms with Gasteiger partial charge in [-0.05, 0) is 6.42 Å². The van der Waals surface area contributed by atoms with Gasteiger partial charge in [0.25, 0.3) is 10.2 Å². The quantitative estimate of drug-likeness (QED) is 0.700. The predicted molar refractivity (Wildman–Crippen MR) is 58.6 cm³/mol. The van der Waals surface area contributed by atoms with Crippen LogP contribution in [0.4, 0.5) is 0 Å². The van der Waals surface area contributed by atoms with E-state index in [0.717, 1.165) is 12.8 Å². The Hall–Kier alpha value is -0.170. The number of aliphatic hydroxyl groups excluding tert-OH is 1. The molecule has 1 heterocycles. The van der Waals surface area contributed by atoms with Gasteiger partial charge < -0.3 is 5.11 Å². The third kappa shape index (κ3) is 2.90. The molecule has 1 aliphatic rings. The number of aliphatic hydroxyl groups is 1. The van der Waals surface area contributed by atoms with Gasteiger partial charge >= 0.3 is 0 Å². The lowest BCUT2D eigenvalue weighted by Gasteiger charge is -2.39. The fourth-order valence-corrected chi connectivity index (χ4v) is 3.07. The molecule has 0 saturated carbocycles. The van der Waals surface area contributed by atoms with E-state index in [4.69, 9.17) is 5.11 Å². The normalized spacial score (nSPS) is 19.5. The van der Waals surface area contributed by atoms with Crippen LogP contribution in [0.25, 0.3) is 0 Å². The third-order valence-corrected chi connectivity index (χ3v) is 4.65. The van der Waals surface area contributed by atoms with Gasteiger partial charge in [0.05, 0.1) is 0 Å². The highest BCUT2D eigenvalue weighted by molar-refractivity contribution is 7.86. The Morgan fingerprint density at radius 2 is 2.07 bits per heavy atom. The molecule has 1 rings (SSSR count). The highest BCUT2D eigenvalue weighted by atomic mass is 32.2. The van der Waals surface area contributed by atoms with Crippen LogP contribution in [0, 0.1) is 5.92 Å². The maximum absolute atomic E-state index is 11.9. The molecule has 0 aromatic rings. The second-order valence-corrected chi connectivity index (χ2v) is 6.08. The molecule has 1 N–H and O–H groups in total. The molecule has 1 fully saturated rings. The molecule has 5 nitrogen and oxygen atoms in total. The van der Waals surface area contributed by atoms with Crippen LogP contribution in [0.1, 0.15) is 19.8 Å². The standard InChI is InChI=1S/C9H20N2O3S/c1-3-4-5-10(2)15(13,14)11-6-9(7-11)8-12/h9,12H,3-8H2,1-2H3. The average molecular weight is 236 g/mol. The molecule has 0 atom stereocenters. The first-order valence-corrected chi connectivity index (χ1v) is 6.74. The monoisotopic (exact) mass is 236 g/mol. The Morgan fingerprint density at radius 3 is 2.53 bits per heavy atom. The summed E-state index contributed by atoms with van der Waals surface area (Å²) in [5, 5.41) is 8.81. The second-order valence-electron chi connectivity index (χ2n) is 4.05. The Balaban J connectivity index is 2.45. The predicted octanol–water partition coefficient (Wildman–Crippen LogP) is -0.113. The molecule has 90 valence electrons. The molecule has 1 aliphatic heterocycles. The molecular formula is C9H20N2O3S. The van der Waals surface area contributed by atoms with Crippen molar-refractivity contribution in [1.29, 1.82) is 0 Å². The van der Waals surface area contributed by atoms with Gasteiger partial charge in [0.15, 0.2) is 0 Å². The zero-order valence-corrected chi connectivity index (χ0v) is 10.2. The van der Waals surface area contributed by atoms with Gasteiger partial charge in [0.2, 0.25) is 0 Å². The van der Waals surface area contributed by atoms with Gasteiger partial charge in [-0.3, -0.25) is 0 Å². The summed E-state index contributed by atoms with van der Waals surface area (Å²) in [5.41, 5.74) is 0. The van der Waals surface area contributed by atoms with E-state index < -0.39 is 10.2 Å². The average Bonchev–Trinajstić information content (AvgIpc) is 2.12. The van der Waals surface area contributed by atoms with Crippen molar-refractivity contribution in [3.63, 3.8) is 0 Å². The number of nitrogens with zero attached hydrogens (tertiary/aromatic N) is 2. The number of hydrogen-bond acceptors (Lipinski definition) is 3. The first-order valence-electron chi connectivity index (χ1n) is 5.34. The van der Waals surface area contributed by atoms with Gasteiger partial charge in [-0.25, -0.2) is 0 Å². The van der Waals surface area contributed by atoms with Gasteiger partial charge in [-0.1, -0.05) is 13.3 Å². The molecule has 15 heavy (non-hydrogen) atoms. The lowest BCUT2D eigenvalue weighted by Crippen LogP contribution is -2.55. The molecule has 0 unspecified atom stereocenters. The summed E-state index contributed by atoms with van der Waals surface area (Å²) in [6, 6.07) is 0. The van der Waals surface area contributed by atoms with Crippen molar-refractivity contribution in [1.82, 2.24) is 8.61 Å². The largest absolute Gasteiger partial charge is 0.396 e. The van der Waals surface area contributed by atoms with Crippen molar-refractivity contribution < 1.29 is 13.5 Å². The zero-order valence-electron chi connectivity index (χ0n) is 9.39. The first kappa shape index (κ1) is 12.9. The van der Waals surface area contributed by atoms with E-state index in [1.54, 1.807) is 7.05 Å². The molecule has 0 bridgehead atoms. The van der Waals surface area contributed by atoms with E-state index in [-0.39, 0.29) is 12.5 Å². The SMILES string of the molecule is CCCCN(C)S(=O)(=O)N1CC(CO)C1. The van der Waals surface area contributed by atoms with E-state index >= 15 is 0 Å². The van der Waals surface area contributed by atoms with Crippen molar-refractivity contribution in [3.8, 4) is 0 Å².